The van der Waals surface area contributed by atoms with Crippen molar-refractivity contribution in [2.24, 2.45) is 4.99 Å². The first-order valence-corrected chi connectivity index (χ1v) is 7.36. The number of pyridine rings is 1. The molecular weight excluding hydrogens is 406 g/mol. The topological polar surface area (TPSA) is 49.3 Å². The van der Waals surface area contributed by atoms with Crippen LogP contribution in [0, 0.1) is 5.82 Å². The molecule has 1 heterocycles. The highest BCUT2D eigenvalue weighted by molar-refractivity contribution is 14.0. The summed E-state index contributed by atoms with van der Waals surface area (Å²) in [5.41, 5.74) is 2.16. The molecule has 124 valence electrons. The molecule has 2 rings (SSSR count). The third-order valence-electron chi connectivity index (χ3n) is 3.25. The quantitative estimate of drug-likeness (QED) is 0.423. The molecule has 1 aromatic carbocycles. The Morgan fingerprint density at radius 1 is 1.09 bits per heavy atom. The molecule has 23 heavy (non-hydrogen) atoms. The molecule has 4 nitrogen and oxygen atoms in total. The van der Waals surface area contributed by atoms with E-state index in [-0.39, 0.29) is 29.8 Å². The SMILES string of the molecule is CN=C(NCCc1cccnc1)NCCc1cccc(F)c1.I. The Balaban J connectivity index is 0.00000264. The summed E-state index contributed by atoms with van der Waals surface area (Å²) in [7, 11) is 1.74. The molecule has 6 heteroatoms. The van der Waals surface area contributed by atoms with Gasteiger partial charge in [0.15, 0.2) is 5.96 Å². The highest BCUT2D eigenvalue weighted by atomic mass is 127. The Morgan fingerprint density at radius 2 is 1.78 bits per heavy atom. The van der Waals surface area contributed by atoms with Crippen LogP contribution in [0.15, 0.2) is 53.8 Å². The molecule has 0 fully saturated rings. The molecular formula is C17H22FIN4. The van der Waals surface area contributed by atoms with Crippen LogP contribution < -0.4 is 10.6 Å². The number of nitrogens with one attached hydrogen (secondary N) is 2. The van der Waals surface area contributed by atoms with E-state index < -0.39 is 0 Å². The maximum absolute atomic E-state index is 13.1. The predicted octanol–water partition coefficient (Wildman–Crippen LogP) is 2.79. The van der Waals surface area contributed by atoms with E-state index in [1.54, 1.807) is 25.4 Å². The van der Waals surface area contributed by atoms with Crippen LogP contribution in [0.4, 0.5) is 4.39 Å². The number of aromatic nitrogens is 1. The molecule has 0 saturated carbocycles. The number of aliphatic imine (C=N–C) groups is 1. The fourth-order valence-corrected chi connectivity index (χ4v) is 2.11. The van der Waals surface area contributed by atoms with Gasteiger partial charge in [0.1, 0.15) is 5.82 Å². The van der Waals surface area contributed by atoms with Crippen molar-refractivity contribution in [3.8, 4) is 0 Å². The van der Waals surface area contributed by atoms with Gasteiger partial charge in [-0.05, 0) is 42.2 Å². The number of hydrogen-bond acceptors (Lipinski definition) is 2. The van der Waals surface area contributed by atoms with Crippen molar-refractivity contribution in [2.45, 2.75) is 12.8 Å². The van der Waals surface area contributed by atoms with Gasteiger partial charge < -0.3 is 10.6 Å². The smallest absolute Gasteiger partial charge is 0.190 e. The zero-order valence-electron chi connectivity index (χ0n) is 13.1. The van der Waals surface area contributed by atoms with Crippen molar-refractivity contribution in [2.75, 3.05) is 20.1 Å². The van der Waals surface area contributed by atoms with Gasteiger partial charge in [0.2, 0.25) is 0 Å². The molecule has 0 aliphatic heterocycles. The number of guanidine groups is 1. The first-order valence-electron chi connectivity index (χ1n) is 7.36. The van der Waals surface area contributed by atoms with E-state index >= 15 is 0 Å². The summed E-state index contributed by atoms with van der Waals surface area (Å²) >= 11 is 0. The summed E-state index contributed by atoms with van der Waals surface area (Å²) in [6, 6.07) is 10.6. The van der Waals surface area contributed by atoms with Crippen LogP contribution in [0.3, 0.4) is 0 Å². The predicted molar refractivity (Wildman–Crippen MR) is 103 cm³/mol. The number of nitrogens with zero attached hydrogens (tertiary/aromatic N) is 2. The molecule has 2 N–H and O–H groups in total. The summed E-state index contributed by atoms with van der Waals surface area (Å²) in [4.78, 5) is 8.26. The van der Waals surface area contributed by atoms with Gasteiger partial charge in [-0.3, -0.25) is 9.98 Å². The van der Waals surface area contributed by atoms with Crippen molar-refractivity contribution >= 4 is 29.9 Å². The van der Waals surface area contributed by atoms with Crippen LogP contribution in [-0.2, 0) is 12.8 Å². The minimum atomic E-state index is -0.198. The number of halogens is 2. The minimum absolute atomic E-state index is 0. The van der Waals surface area contributed by atoms with Crippen LogP contribution in [0.5, 0.6) is 0 Å². The summed E-state index contributed by atoms with van der Waals surface area (Å²) in [5.74, 6) is 0.553. The summed E-state index contributed by atoms with van der Waals surface area (Å²) < 4.78 is 13.1. The van der Waals surface area contributed by atoms with E-state index in [2.05, 4.69) is 26.7 Å². The second-order valence-corrected chi connectivity index (χ2v) is 4.92. The van der Waals surface area contributed by atoms with Gasteiger partial charge in [0.25, 0.3) is 0 Å². The first kappa shape index (κ1) is 19.3. The lowest BCUT2D eigenvalue weighted by Gasteiger charge is -2.11. The minimum Gasteiger partial charge on any atom is -0.356 e. The molecule has 0 aliphatic rings. The van der Waals surface area contributed by atoms with Crippen molar-refractivity contribution in [1.29, 1.82) is 0 Å². The Morgan fingerprint density at radius 3 is 2.39 bits per heavy atom. The molecule has 2 aromatic rings. The maximum Gasteiger partial charge on any atom is 0.190 e. The Kier molecular flexibility index (Phi) is 9.20. The number of rotatable bonds is 6. The van der Waals surface area contributed by atoms with Crippen molar-refractivity contribution < 1.29 is 4.39 Å². The Labute approximate surface area is 153 Å². The normalized spacial score (nSPS) is 10.8. The highest BCUT2D eigenvalue weighted by Gasteiger charge is 1.99. The largest absolute Gasteiger partial charge is 0.356 e. The van der Waals surface area contributed by atoms with Gasteiger partial charge in [-0.1, -0.05) is 18.2 Å². The summed E-state index contributed by atoms with van der Waals surface area (Å²) in [6.07, 6.45) is 5.27. The molecule has 0 bridgehead atoms. The molecule has 0 aliphatic carbocycles. The molecule has 0 radical (unpaired) electrons. The molecule has 1 aromatic heterocycles. The Bertz CT molecular complexity index is 605. The van der Waals surface area contributed by atoms with Gasteiger partial charge >= 0.3 is 0 Å². The average Bonchev–Trinajstić information content (AvgIpc) is 2.54. The zero-order chi connectivity index (χ0) is 15.6. The van der Waals surface area contributed by atoms with Crippen LogP contribution in [-0.4, -0.2) is 31.1 Å². The second kappa shape index (κ2) is 10.9. The molecule has 0 amide bonds. The van der Waals surface area contributed by atoms with Crippen LogP contribution in [0.2, 0.25) is 0 Å². The van der Waals surface area contributed by atoms with E-state index in [9.17, 15) is 4.39 Å². The van der Waals surface area contributed by atoms with E-state index in [1.807, 2.05) is 18.3 Å². The zero-order valence-corrected chi connectivity index (χ0v) is 15.5. The summed E-state index contributed by atoms with van der Waals surface area (Å²) in [6.45, 7) is 1.49. The lowest BCUT2D eigenvalue weighted by atomic mass is 10.1. The number of benzene rings is 1. The lowest BCUT2D eigenvalue weighted by molar-refractivity contribution is 0.625. The van der Waals surface area contributed by atoms with Gasteiger partial charge in [0.05, 0.1) is 0 Å². The standard InChI is InChI=1S/C17H21FN4.HI/c1-19-17(22-11-8-15-5-3-9-20-13-15)21-10-7-14-4-2-6-16(18)12-14;/h2-6,9,12-13H,7-8,10-11H2,1H3,(H2,19,21,22);1H. The van der Waals surface area contributed by atoms with Gasteiger partial charge in [-0.25, -0.2) is 4.39 Å². The van der Waals surface area contributed by atoms with Crippen LogP contribution in [0.1, 0.15) is 11.1 Å². The highest BCUT2D eigenvalue weighted by Crippen LogP contribution is 2.03. The van der Waals surface area contributed by atoms with E-state index in [0.717, 1.165) is 30.9 Å². The summed E-state index contributed by atoms with van der Waals surface area (Å²) in [5, 5.41) is 6.48. The number of hydrogen-bond donors (Lipinski definition) is 2. The molecule has 0 saturated heterocycles. The fraction of sp³-hybridized carbons (Fsp3) is 0.294. The van der Waals surface area contributed by atoms with Gasteiger partial charge in [-0.15, -0.1) is 24.0 Å². The molecule has 0 spiro atoms. The lowest BCUT2D eigenvalue weighted by Crippen LogP contribution is -2.39. The van der Waals surface area contributed by atoms with E-state index in [4.69, 9.17) is 0 Å². The first-order chi connectivity index (χ1) is 10.8. The van der Waals surface area contributed by atoms with E-state index in [0.29, 0.717) is 6.54 Å². The van der Waals surface area contributed by atoms with Crippen molar-refractivity contribution in [3.63, 3.8) is 0 Å². The van der Waals surface area contributed by atoms with Crippen molar-refractivity contribution in [3.05, 3.63) is 65.7 Å². The third kappa shape index (κ3) is 7.40. The van der Waals surface area contributed by atoms with Gasteiger partial charge in [-0.2, -0.15) is 0 Å². The maximum atomic E-state index is 13.1. The third-order valence-corrected chi connectivity index (χ3v) is 3.25. The van der Waals surface area contributed by atoms with Crippen LogP contribution >= 0.6 is 24.0 Å². The Hall–Kier alpha value is -1.70. The van der Waals surface area contributed by atoms with E-state index in [1.165, 1.54) is 11.6 Å². The fourth-order valence-electron chi connectivity index (χ4n) is 2.11. The molecule has 0 atom stereocenters. The molecule has 0 unspecified atom stereocenters. The van der Waals surface area contributed by atoms with Crippen LogP contribution in [0.25, 0.3) is 0 Å². The van der Waals surface area contributed by atoms with Gasteiger partial charge in [0, 0.05) is 32.5 Å². The average molecular weight is 428 g/mol. The van der Waals surface area contributed by atoms with Crippen molar-refractivity contribution in [1.82, 2.24) is 15.6 Å². The monoisotopic (exact) mass is 428 g/mol. The second-order valence-electron chi connectivity index (χ2n) is 4.92.